The molecule has 0 saturated heterocycles. The maximum Gasteiger partial charge on any atom is 0.338 e. The predicted octanol–water partition coefficient (Wildman–Crippen LogP) is 5.00. The lowest BCUT2D eigenvalue weighted by Gasteiger charge is -2.24. The molecule has 0 saturated carbocycles. The van der Waals surface area contributed by atoms with E-state index in [1.54, 1.807) is 44.8 Å². The third kappa shape index (κ3) is 6.14. The minimum atomic E-state index is -0.692. The van der Waals surface area contributed by atoms with Crippen LogP contribution in [-0.4, -0.2) is 31.4 Å². The van der Waals surface area contributed by atoms with Gasteiger partial charge in [0.2, 0.25) is 0 Å². The van der Waals surface area contributed by atoms with E-state index in [0.29, 0.717) is 38.7 Å². The molecule has 0 aliphatic carbocycles. The van der Waals surface area contributed by atoms with Gasteiger partial charge < -0.3 is 18.9 Å². The first-order chi connectivity index (χ1) is 20.3. The highest BCUT2D eigenvalue weighted by molar-refractivity contribution is 14.1. The van der Waals surface area contributed by atoms with Gasteiger partial charge in [0, 0.05) is 9.13 Å². The van der Waals surface area contributed by atoms with Crippen LogP contribution in [0.4, 0.5) is 0 Å². The number of hydrogen-bond acceptors (Lipinski definition) is 8. The van der Waals surface area contributed by atoms with Crippen LogP contribution in [0.5, 0.6) is 17.2 Å². The van der Waals surface area contributed by atoms with Crippen LogP contribution in [0.25, 0.3) is 6.08 Å². The summed E-state index contributed by atoms with van der Waals surface area (Å²) in [4.78, 5) is 32.2. The van der Waals surface area contributed by atoms with Gasteiger partial charge in [-0.1, -0.05) is 29.5 Å². The summed E-state index contributed by atoms with van der Waals surface area (Å²) >= 11 is 3.53. The number of aromatic nitrogens is 1. The van der Waals surface area contributed by atoms with Crippen LogP contribution >= 0.6 is 33.9 Å². The summed E-state index contributed by atoms with van der Waals surface area (Å²) in [6, 6.07) is 20.1. The summed E-state index contributed by atoms with van der Waals surface area (Å²) in [5.74, 6) is 1.61. The number of benzene rings is 3. The van der Waals surface area contributed by atoms with Gasteiger partial charge in [-0.15, -0.1) is 0 Å². The van der Waals surface area contributed by atoms with Gasteiger partial charge in [-0.25, -0.2) is 9.79 Å². The highest BCUT2D eigenvalue weighted by atomic mass is 127. The van der Waals surface area contributed by atoms with Crippen LogP contribution in [0.2, 0.25) is 0 Å². The van der Waals surface area contributed by atoms with Crippen LogP contribution in [0.1, 0.15) is 36.6 Å². The van der Waals surface area contributed by atoms with Crippen LogP contribution in [0.3, 0.4) is 0 Å². The highest BCUT2D eigenvalue weighted by Gasteiger charge is 2.33. The fourth-order valence-corrected chi connectivity index (χ4v) is 6.14. The number of halogens is 1. The molecule has 4 aromatic rings. The molecule has 1 atom stereocenters. The Bertz CT molecular complexity index is 1820. The molecule has 1 aliphatic heterocycles. The third-order valence-electron chi connectivity index (χ3n) is 6.76. The number of fused-ring (bicyclic) bond motifs is 1. The minimum absolute atomic E-state index is 0.211. The molecule has 0 amide bonds. The average Bonchev–Trinajstić information content (AvgIpc) is 3.30. The second-order valence-electron chi connectivity index (χ2n) is 9.39. The molecular formula is C32H29IN2O6S. The standard InChI is InChI=1S/C32H29IN2O6S/c1-5-40-31(37)28-19(2)34-32-35(29(28)21-7-11-24(38-3)12-8-21)30(36)27(42-32)17-20-6-15-26(39-4)22(16-20)18-41-25-13-9-23(33)10-14-25/h6-17,29H,5,18H2,1-4H3/b27-17-. The van der Waals surface area contributed by atoms with E-state index in [1.807, 2.05) is 60.7 Å². The van der Waals surface area contributed by atoms with E-state index < -0.39 is 12.0 Å². The molecule has 0 radical (unpaired) electrons. The number of thiazole rings is 1. The zero-order valence-electron chi connectivity index (χ0n) is 23.5. The molecule has 1 unspecified atom stereocenters. The molecule has 0 N–H and O–H groups in total. The van der Waals surface area contributed by atoms with E-state index in [4.69, 9.17) is 18.9 Å². The summed E-state index contributed by atoms with van der Waals surface area (Å²) in [6.45, 7) is 4.03. The zero-order valence-corrected chi connectivity index (χ0v) is 26.5. The molecule has 8 nitrogen and oxygen atoms in total. The smallest absolute Gasteiger partial charge is 0.338 e. The van der Waals surface area contributed by atoms with Crippen molar-refractivity contribution in [1.29, 1.82) is 0 Å². The molecule has 2 heterocycles. The second kappa shape index (κ2) is 13.0. The van der Waals surface area contributed by atoms with Crippen LogP contribution in [0, 0.1) is 3.57 Å². The summed E-state index contributed by atoms with van der Waals surface area (Å²) in [5, 5.41) is 0. The largest absolute Gasteiger partial charge is 0.497 e. The van der Waals surface area contributed by atoms with Gasteiger partial charge in [-0.05, 0) is 102 Å². The Kier molecular flexibility index (Phi) is 9.12. The lowest BCUT2D eigenvalue weighted by molar-refractivity contribution is -0.139. The Morgan fingerprint density at radius 3 is 2.40 bits per heavy atom. The van der Waals surface area contributed by atoms with Gasteiger partial charge in [0.15, 0.2) is 4.80 Å². The SMILES string of the molecule is CCOC(=O)C1=C(C)N=c2s/c(=C\c3ccc(OC)c(COc4ccc(I)cc4)c3)c(=O)n2C1c1ccc(OC)cc1. The molecule has 10 heteroatoms. The van der Waals surface area contributed by atoms with Crippen molar-refractivity contribution in [2.45, 2.75) is 26.5 Å². The van der Waals surface area contributed by atoms with Crippen molar-refractivity contribution in [3.8, 4) is 17.2 Å². The zero-order chi connectivity index (χ0) is 29.8. The number of methoxy groups -OCH3 is 2. The van der Waals surface area contributed by atoms with Crippen molar-refractivity contribution < 1.29 is 23.7 Å². The van der Waals surface area contributed by atoms with Gasteiger partial charge in [0.1, 0.15) is 23.9 Å². The molecule has 0 fully saturated rings. The molecule has 3 aromatic carbocycles. The Labute approximate surface area is 260 Å². The molecule has 1 aliphatic rings. The lowest BCUT2D eigenvalue weighted by atomic mass is 9.96. The Morgan fingerprint density at radius 1 is 1.02 bits per heavy atom. The first-order valence-corrected chi connectivity index (χ1v) is 15.1. The van der Waals surface area contributed by atoms with Gasteiger partial charge in [-0.3, -0.25) is 9.36 Å². The maximum absolute atomic E-state index is 13.9. The predicted molar refractivity (Wildman–Crippen MR) is 170 cm³/mol. The quantitative estimate of drug-likeness (QED) is 0.181. The normalized spacial score (nSPS) is 14.7. The maximum atomic E-state index is 13.9. The van der Waals surface area contributed by atoms with Crippen molar-refractivity contribution in [3.63, 3.8) is 0 Å². The molecule has 216 valence electrons. The average molecular weight is 697 g/mol. The number of allylic oxidation sites excluding steroid dienone is 1. The fraction of sp³-hybridized carbons (Fsp3) is 0.219. The molecular weight excluding hydrogens is 667 g/mol. The van der Waals surface area contributed by atoms with Gasteiger partial charge in [-0.2, -0.15) is 0 Å². The number of hydrogen-bond donors (Lipinski definition) is 0. The fourth-order valence-electron chi connectivity index (χ4n) is 4.74. The van der Waals surface area contributed by atoms with Gasteiger partial charge in [0.05, 0.1) is 42.7 Å². The number of nitrogens with zero attached hydrogens (tertiary/aromatic N) is 2. The lowest BCUT2D eigenvalue weighted by Crippen LogP contribution is -2.39. The summed E-state index contributed by atoms with van der Waals surface area (Å²) in [5.41, 5.74) is 3.00. The van der Waals surface area contributed by atoms with Gasteiger partial charge in [0.25, 0.3) is 5.56 Å². The summed E-state index contributed by atoms with van der Waals surface area (Å²) < 4.78 is 25.4. The van der Waals surface area contributed by atoms with Crippen molar-refractivity contribution in [2.75, 3.05) is 20.8 Å². The van der Waals surface area contributed by atoms with E-state index in [-0.39, 0.29) is 12.2 Å². The van der Waals surface area contributed by atoms with Crippen molar-refractivity contribution in [3.05, 3.63) is 118 Å². The van der Waals surface area contributed by atoms with E-state index >= 15 is 0 Å². The Balaban J connectivity index is 1.57. The van der Waals surface area contributed by atoms with Crippen molar-refractivity contribution in [2.24, 2.45) is 4.99 Å². The van der Waals surface area contributed by atoms with E-state index in [1.165, 1.54) is 11.3 Å². The molecule has 0 spiro atoms. The monoisotopic (exact) mass is 696 g/mol. The Hall–Kier alpha value is -3.90. The molecule has 1 aromatic heterocycles. The van der Waals surface area contributed by atoms with E-state index in [0.717, 1.165) is 26.0 Å². The van der Waals surface area contributed by atoms with Crippen molar-refractivity contribution in [1.82, 2.24) is 4.57 Å². The summed E-state index contributed by atoms with van der Waals surface area (Å²) in [6.07, 6.45) is 1.83. The topological polar surface area (TPSA) is 88.4 Å². The number of rotatable bonds is 9. The minimum Gasteiger partial charge on any atom is -0.497 e. The second-order valence-corrected chi connectivity index (χ2v) is 11.6. The first-order valence-electron chi connectivity index (χ1n) is 13.2. The van der Waals surface area contributed by atoms with Crippen LogP contribution in [-0.2, 0) is 16.1 Å². The number of esters is 1. The highest BCUT2D eigenvalue weighted by Crippen LogP contribution is 2.31. The number of carbonyl (C=O) groups is 1. The first kappa shape index (κ1) is 29.6. The van der Waals surface area contributed by atoms with E-state index in [2.05, 4.69) is 27.6 Å². The van der Waals surface area contributed by atoms with Crippen LogP contribution in [0.15, 0.2) is 87.8 Å². The molecule has 42 heavy (non-hydrogen) atoms. The van der Waals surface area contributed by atoms with E-state index in [9.17, 15) is 9.59 Å². The van der Waals surface area contributed by atoms with Gasteiger partial charge >= 0.3 is 5.97 Å². The molecule has 0 bridgehead atoms. The summed E-state index contributed by atoms with van der Waals surface area (Å²) in [7, 11) is 3.20. The number of ether oxygens (including phenoxy) is 4. The molecule has 5 rings (SSSR count). The van der Waals surface area contributed by atoms with Crippen molar-refractivity contribution >= 4 is 46.0 Å². The Morgan fingerprint density at radius 2 is 1.74 bits per heavy atom. The van der Waals surface area contributed by atoms with Crippen LogP contribution < -0.4 is 29.1 Å². The number of carbonyl (C=O) groups excluding carboxylic acids is 1. The third-order valence-corrected chi connectivity index (χ3v) is 8.46.